The first kappa shape index (κ1) is 20.4. The van der Waals surface area contributed by atoms with Crippen molar-refractivity contribution in [2.45, 2.75) is 32.9 Å². The number of ether oxygens (including phenoxy) is 1. The fraction of sp³-hybridized carbons (Fsp3) is 0.467. The summed E-state index contributed by atoms with van der Waals surface area (Å²) in [7, 11) is 1.48. The maximum atomic E-state index is 12.1. The van der Waals surface area contributed by atoms with E-state index in [2.05, 4.69) is 10.6 Å². The quantitative estimate of drug-likeness (QED) is 0.736. The molecule has 1 aromatic rings. The molecule has 0 saturated carbocycles. The van der Waals surface area contributed by atoms with Crippen molar-refractivity contribution in [2.24, 2.45) is 5.73 Å². The van der Waals surface area contributed by atoms with Crippen LogP contribution in [0.2, 0.25) is 0 Å². The fourth-order valence-electron chi connectivity index (χ4n) is 1.77. The zero-order chi connectivity index (χ0) is 16.0. The lowest BCUT2D eigenvalue weighted by atomic mass is 10.1. The summed E-state index contributed by atoms with van der Waals surface area (Å²) in [6.45, 7) is 5.77. The Labute approximate surface area is 137 Å². The summed E-state index contributed by atoms with van der Waals surface area (Å²) in [5.74, 6) is -0.518. The Morgan fingerprint density at radius 1 is 1.32 bits per heavy atom. The van der Waals surface area contributed by atoms with Gasteiger partial charge in [-0.2, -0.15) is 0 Å². The van der Waals surface area contributed by atoms with Gasteiger partial charge < -0.3 is 21.1 Å². The van der Waals surface area contributed by atoms with E-state index in [1.165, 1.54) is 7.11 Å². The minimum Gasteiger partial charge on any atom is -0.383 e. The van der Waals surface area contributed by atoms with Crippen molar-refractivity contribution in [1.29, 1.82) is 0 Å². The predicted octanol–water partition coefficient (Wildman–Crippen LogP) is 1.47. The van der Waals surface area contributed by atoms with Crippen molar-refractivity contribution in [3.05, 3.63) is 29.3 Å². The molecule has 0 aliphatic rings. The number of anilines is 1. The largest absolute Gasteiger partial charge is 0.383 e. The van der Waals surface area contributed by atoms with Crippen LogP contribution in [-0.4, -0.2) is 37.6 Å². The lowest BCUT2D eigenvalue weighted by Gasteiger charge is -2.14. The van der Waals surface area contributed by atoms with Crippen LogP contribution < -0.4 is 16.4 Å². The molecule has 0 radical (unpaired) electrons. The van der Waals surface area contributed by atoms with E-state index in [0.29, 0.717) is 11.3 Å². The number of nitrogens with one attached hydrogen (secondary N) is 2. The molecule has 0 fully saturated rings. The maximum Gasteiger partial charge on any atom is 0.251 e. The molecule has 0 aliphatic carbocycles. The van der Waals surface area contributed by atoms with Crippen molar-refractivity contribution in [2.75, 3.05) is 19.0 Å². The van der Waals surface area contributed by atoms with Gasteiger partial charge in [0.25, 0.3) is 5.91 Å². The van der Waals surface area contributed by atoms with Crippen molar-refractivity contribution in [3.8, 4) is 0 Å². The molecular weight excluding hydrogens is 306 g/mol. The van der Waals surface area contributed by atoms with E-state index in [0.717, 1.165) is 5.56 Å². The Kier molecular flexibility index (Phi) is 8.70. The van der Waals surface area contributed by atoms with E-state index in [1.807, 2.05) is 20.8 Å². The fourth-order valence-corrected chi connectivity index (χ4v) is 1.77. The van der Waals surface area contributed by atoms with E-state index in [-0.39, 0.29) is 36.9 Å². The van der Waals surface area contributed by atoms with Crippen molar-refractivity contribution >= 4 is 29.9 Å². The van der Waals surface area contributed by atoms with Gasteiger partial charge in [0, 0.05) is 24.4 Å². The van der Waals surface area contributed by atoms with Gasteiger partial charge in [0.15, 0.2) is 0 Å². The molecule has 0 bridgehead atoms. The van der Waals surface area contributed by atoms with Crippen LogP contribution in [0.3, 0.4) is 0 Å². The smallest absolute Gasteiger partial charge is 0.251 e. The molecule has 6 nitrogen and oxygen atoms in total. The topological polar surface area (TPSA) is 93.4 Å². The molecule has 4 N–H and O–H groups in total. The average Bonchev–Trinajstić information content (AvgIpc) is 2.40. The Morgan fingerprint density at radius 3 is 2.50 bits per heavy atom. The standard InChI is InChI=1S/C15H23N3O3.ClH/c1-9(2)17-14(19)12-7-11(6-5-10(12)3)18-15(20)13(16)8-21-4;/h5-7,9,13H,8,16H2,1-4H3,(H,17,19)(H,18,20);1H. The Bertz CT molecular complexity index is 521. The number of aryl methyl sites for hydroxylation is 1. The second kappa shape index (κ2) is 9.40. The summed E-state index contributed by atoms with van der Waals surface area (Å²) in [6.07, 6.45) is 0. The molecule has 2 amide bonds. The molecule has 1 atom stereocenters. The molecule has 0 heterocycles. The molecular formula is C15H24ClN3O3. The normalized spacial score (nSPS) is 11.5. The van der Waals surface area contributed by atoms with Gasteiger partial charge in [-0.25, -0.2) is 0 Å². The van der Waals surface area contributed by atoms with Gasteiger partial charge in [-0.05, 0) is 38.5 Å². The van der Waals surface area contributed by atoms with Crippen LogP contribution >= 0.6 is 12.4 Å². The highest BCUT2D eigenvalue weighted by atomic mass is 35.5. The number of carbonyl (C=O) groups is 2. The van der Waals surface area contributed by atoms with E-state index in [1.54, 1.807) is 18.2 Å². The van der Waals surface area contributed by atoms with Gasteiger partial charge in [-0.1, -0.05) is 6.07 Å². The van der Waals surface area contributed by atoms with Crippen molar-refractivity contribution < 1.29 is 14.3 Å². The van der Waals surface area contributed by atoms with Gasteiger partial charge >= 0.3 is 0 Å². The number of methoxy groups -OCH3 is 1. The third-order valence-corrected chi connectivity index (χ3v) is 2.85. The molecule has 1 aromatic carbocycles. The number of carbonyl (C=O) groups excluding carboxylic acids is 2. The van der Waals surface area contributed by atoms with Crippen LogP contribution in [0.25, 0.3) is 0 Å². The highest BCUT2D eigenvalue weighted by molar-refractivity contribution is 5.99. The van der Waals surface area contributed by atoms with E-state index in [4.69, 9.17) is 10.5 Å². The van der Waals surface area contributed by atoms with Gasteiger partial charge in [-0.3, -0.25) is 9.59 Å². The molecule has 1 unspecified atom stereocenters. The van der Waals surface area contributed by atoms with Crippen LogP contribution in [0.4, 0.5) is 5.69 Å². The lowest BCUT2D eigenvalue weighted by molar-refractivity contribution is -0.118. The average molecular weight is 330 g/mol. The van der Waals surface area contributed by atoms with Crippen molar-refractivity contribution in [1.82, 2.24) is 5.32 Å². The molecule has 0 aliphatic heterocycles. The van der Waals surface area contributed by atoms with E-state index in [9.17, 15) is 9.59 Å². The predicted molar refractivity (Wildman–Crippen MR) is 89.5 cm³/mol. The number of nitrogens with two attached hydrogens (primary N) is 1. The summed E-state index contributed by atoms with van der Waals surface area (Å²) < 4.78 is 4.84. The van der Waals surface area contributed by atoms with Crippen LogP contribution in [0.15, 0.2) is 18.2 Å². The second-order valence-electron chi connectivity index (χ2n) is 5.21. The van der Waals surface area contributed by atoms with Crippen LogP contribution in [0.1, 0.15) is 29.8 Å². The number of amides is 2. The number of rotatable bonds is 6. The summed E-state index contributed by atoms with van der Waals surface area (Å²) in [4.78, 5) is 23.9. The van der Waals surface area contributed by atoms with Crippen LogP contribution in [0, 0.1) is 6.92 Å². The highest BCUT2D eigenvalue weighted by Gasteiger charge is 2.15. The van der Waals surface area contributed by atoms with Crippen LogP contribution in [-0.2, 0) is 9.53 Å². The third kappa shape index (κ3) is 6.01. The van der Waals surface area contributed by atoms with Crippen molar-refractivity contribution in [3.63, 3.8) is 0 Å². The van der Waals surface area contributed by atoms with Gasteiger partial charge in [0.1, 0.15) is 6.04 Å². The Hall–Kier alpha value is -1.63. The summed E-state index contributed by atoms with van der Waals surface area (Å²) >= 11 is 0. The minimum absolute atomic E-state index is 0. The zero-order valence-corrected chi connectivity index (χ0v) is 14.1. The number of hydrogen-bond donors (Lipinski definition) is 3. The van der Waals surface area contributed by atoms with Gasteiger partial charge in [-0.15, -0.1) is 12.4 Å². The second-order valence-corrected chi connectivity index (χ2v) is 5.21. The first-order valence-electron chi connectivity index (χ1n) is 6.82. The maximum absolute atomic E-state index is 12.1. The molecule has 0 saturated heterocycles. The molecule has 22 heavy (non-hydrogen) atoms. The summed E-state index contributed by atoms with van der Waals surface area (Å²) in [5.41, 5.74) is 7.56. The SMILES string of the molecule is COCC(N)C(=O)Nc1ccc(C)c(C(=O)NC(C)C)c1.Cl. The van der Waals surface area contributed by atoms with Gasteiger partial charge in [0.2, 0.25) is 5.91 Å². The molecule has 0 spiro atoms. The minimum atomic E-state index is -0.746. The highest BCUT2D eigenvalue weighted by Crippen LogP contribution is 2.16. The zero-order valence-electron chi connectivity index (χ0n) is 13.3. The number of halogens is 1. The number of benzene rings is 1. The summed E-state index contributed by atoms with van der Waals surface area (Å²) in [6, 6.07) is 4.46. The van der Waals surface area contributed by atoms with Gasteiger partial charge in [0.05, 0.1) is 6.61 Å². The Morgan fingerprint density at radius 2 is 1.95 bits per heavy atom. The third-order valence-electron chi connectivity index (χ3n) is 2.85. The number of hydrogen-bond acceptors (Lipinski definition) is 4. The molecule has 7 heteroatoms. The summed E-state index contributed by atoms with van der Waals surface area (Å²) in [5, 5.41) is 5.51. The first-order chi connectivity index (χ1) is 9.85. The van der Waals surface area contributed by atoms with Crippen LogP contribution in [0.5, 0.6) is 0 Å². The van der Waals surface area contributed by atoms with E-state index < -0.39 is 6.04 Å². The lowest BCUT2D eigenvalue weighted by Crippen LogP contribution is -2.39. The molecule has 0 aromatic heterocycles. The first-order valence-corrected chi connectivity index (χ1v) is 6.82. The Balaban J connectivity index is 0.00000441. The monoisotopic (exact) mass is 329 g/mol. The van der Waals surface area contributed by atoms with E-state index >= 15 is 0 Å². The molecule has 124 valence electrons. The molecule has 1 rings (SSSR count).